The summed E-state index contributed by atoms with van der Waals surface area (Å²) < 4.78 is 4.69. The number of nitrogens with two attached hydrogens (primary N) is 1. The highest BCUT2D eigenvalue weighted by Crippen LogP contribution is 2.21. The van der Waals surface area contributed by atoms with E-state index in [0.717, 1.165) is 12.1 Å². The van der Waals surface area contributed by atoms with Gasteiger partial charge >= 0.3 is 5.97 Å². The van der Waals surface area contributed by atoms with Crippen LogP contribution in [0.2, 0.25) is 0 Å². The van der Waals surface area contributed by atoms with Gasteiger partial charge in [0.15, 0.2) is 0 Å². The average molecular weight is 277 g/mol. The molecule has 1 heterocycles. The number of likely N-dealkylation sites (tertiary alicyclic amines) is 1. The van der Waals surface area contributed by atoms with Crippen molar-refractivity contribution in [3.05, 3.63) is 23.8 Å². The zero-order chi connectivity index (χ0) is 14.7. The lowest BCUT2D eigenvalue weighted by molar-refractivity contribution is -0.132. The number of likely N-dealkylation sites (N-methyl/N-ethyl adjacent to an activating group) is 1. The molecule has 0 bridgehead atoms. The van der Waals surface area contributed by atoms with Gasteiger partial charge in [-0.3, -0.25) is 4.79 Å². The molecule has 1 saturated heterocycles. The number of ether oxygens (including phenoxy) is 1. The van der Waals surface area contributed by atoms with Gasteiger partial charge in [0, 0.05) is 37.4 Å². The molecule has 0 radical (unpaired) electrons. The van der Waals surface area contributed by atoms with E-state index >= 15 is 0 Å². The zero-order valence-electron chi connectivity index (χ0n) is 11.7. The van der Waals surface area contributed by atoms with Crippen molar-refractivity contribution >= 4 is 23.3 Å². The van der Waals surface area contributed by atoms with Gasteiger partial charge in [0.2, 0.25) is 5.91 Å². The van der Waals surface area contributed by atoms with E-state index in [1.165, 1.54) is 7.11 Å². The van der Waals surface area contributed by atoms with E-state index in [4.69, 9.17) is 10.5 Å². The number of nitrogens with zero attached hydrogens (tertiary/aromatic N) is 1. The fraction of sp³-hybridized carbons (Fsp3) is 0.429. The van der Waals surface area contributed by atoms with Crippen LogP contribution < -0.4 is 11.1 Å². The minimum absolute atomic E-state index is 0.163. The molecular formula is C14H19N3O3. The summed E-state index contributed by atoms with van der Waals surface area (Å²) in [6.07, 6.45) is 1.31. The third-order valence-electron chi connectivity index (χ3n) is 3.46. The largest absolute Gasteiger partial charge is 0.465 e. The Bertz CT molecular complexity index is 530. The maximum absolute atomic E-state index is 11.6. The molecular weight excluding hydrogens is 258 g/mol. The minimum atomic E-state index is -0.456. The summed E-state index contributed by atoms with van der Waals surface area (Å²) in [5.74, 6) is -0.294. The average Bonchev–Trinajstić information content (AvgIpc) is 2.44. The fourth-order valence-electron chi connectivity index (χ4n) is 2.30. The van der Waals surface area contributed by atoms with Gasteiger partial charge in [-0.15, -0.1) is 0 Å². The Morgan fingerprint density at radius 2 is 2.25 bits per heavy atom. The molecule has 108 valence electrons. The Hall–Kier alpha value is -2.24. The first-order chi connectivity index (χ1) is 9.51. The highest BCUT2D eigenvalue weighted by Gasteiger charge is 2.23. The second-order valence-corrected chi connectivity index (χ2v) is 4.95. The van der Waals surface area contributed by atoms with Gasteiger partial charge in [-0.2, -0.15) is 0 Å². The van der Waals surface area contributed by atoms with Crippen molar-refractivity contribution in [3.63, 3.8) is 0 Å². The van der Waals surface area contributed by atoms with Gasteiger partial charge in [-0.05, 0) is 24.6 Å². The van der Waals surface area contributed by atoms with Crippen LogP contribution in [0.3, 0.4) is 0 Å². The first kappa shape index (κ1) is 14.2. The standard InChI is InChI=1S/C14H19N3O3/c1-17-8-10(4-6-13(17)18)16-9-3-5-12(15)11(7-9)14(19)20-2/h3,5,7,10,16H,4,6,8,15H2,1-2H3. The highest BCUT2D eigenvalue weighted by atomic mass is 16.5. The molecule has 2 rings (SSSR count). The summed E-state index contributed by atoms with van der Waals surface area (Å²) in [6.45, 7) is 0.650. The number of rotatable bonds is 3. The Morgan fingerprint density at radius 3 is 2.90 bits per heavy atom. The number of piperidine rings is 1. The molecule has 0 aliphatic carbocycles. The number of nitrogen functional groups attached to an aromatic ring is 1. The Morgan fingerprint density at radius 1 is 1.50 bits per heavy atom. The SMILES string of the molecule is COC(=O)c1cc(NC2CCC(=O)N(C)C2)ccc1N. The lowest BCUT2D eigenvalue weighted by Gasteiger charge is -2.30. The van der Waals surface area contributed by atoms with Gasteiger partial charge in [0.05, 0.1) is 12.7 Å². The van der Waals surface area contributed by atoms with Crippen LogP contribution >= 0.6 is 0 Å². The highest BCUT2D eigenvalue weighted by molar-refractivity contribution is 5.96. The van der Waals surface area contributed by atoms with Crippen LogP contribution in [0.5, 0.6) is 0 Å². The summed E-state index contributed by atoms with van der Waals surface area (Å²) in [7, 11) is 3.11. The molecule has 1 aromatic carbocycles. The van der Waals surface area contributed by atoms with Crippen molar-refractivity contribution in [2.45, 2.75) is 18.9 Å². The smallest absolute Gasteiger partial charge is 0.340 e. The predicted octanol–water partition coefficient (Wildman–Crippen LogP) is 1.09. The molecule has 1 aliphatic rings. The van der Waals surface area contributed by atoms with Crippen molar-refractivity contribution < 1.29 is 14.3 Å². The number of carbonyl (C=O) groups is 2. The Kier molecular flexibility index (Phi) is 4.12. The molecule has 0 spiro atoms. The summed E-state index contributed by atoms with van der Waals surface area (Å²) >= 11 is 0. The third-order valence-corrected chi connectivity index (χ3v) is 3.46. The number of anilines is 2. The molecule has 1 aliphatic heterocycles. The van der Waals surface area contributed by atoms with Crippen LogP contribution in [-0.2, 0) is 9.53 Å². The van der Waals surface area contributed by atoms with Crippen molar-refractivity contribution in [2.75, 3.05) is 31.8 Å². The summed E-state index contributed by atoms with van der Waals surface area (Å²) in [4.78, 5) is 24.7. The number of hydrogen-bond donors (Lipinski definition) is 2. The molecule has 6 heteroatoms. The number of nitrogens with one attached hydrogen (secondary N) is 1. The van der Waals surface area contributed by atoms with Crippen LogP contribution in [0.15, 0.2) is 18.2 Å². The van der Waals surface area contributed by atoms with E-state index in [-0.39, 0.29) is 11.9 Å². The number of amides is 1. The Balaban J connectivity index is 2.10. The van der Waals surface area contributed by atoms with E-state index < -0.39 is 5.97 Å². The van der Waals surface area contributed by atoms with Crippen LogP contribution in [0.25, 0.3) is 0 Å². The van der Waals surface area contributed by atoms with Gasteiger partial charge in [-0.25, -0.2) is 4.79 Å². The molecule has 1 aromatic rings. The first-order valence-electron chi connectivity index (χ1n) is 6.49. The van der Waals surface area contributed by atoms with Crippen LogP contribution in [-0.4, -0.2) is 43.5 Å². The molecule has 1 atom stereocenters. The Labute approximate surface area is 117 Å². The van der Waals surface area contributed by atoms with Crippen molar-refractivity contribution in [1.82, 2.24) is 4.90 Å². The lowest BCUT2D eigenvalue weighted by Crippen LogP contribution is -2.43. The number of methoxy groups -OCH3 is 1. The molecule has 0 saturated carbocycles. The van der Waals surface area contributed by atoms with Crippen molar-refractivity contribution in [2.24, 2.45) is 0 Å². The molecule has 1 fully saturated rings. The normalized spacial score (nSPS) is 18.8. The maximum Gasteiger partial charge on any atom is 0.340 e. The second-order valence-electron chi connectivity index (χ2n) is 4.95. The third kappa shape index (κ3) is 3.01. The summed E-state index contributed by atoms with van der Waals surface area (Å²) in [6, 6.07) is 5.34. The maximum atomic E-state index is 11.6. The zero-order valence-corrected chi connectivity index (χ0v) is 11.7. The van der Waals surface area contributed by atoms with E-state index in [9.17, 15) is 9.59 Å². The van der Waals surface area contributed by atoms with E-state index in [1.807, 2.05) is 6.07 Å². The molecule has 1 unspecified atom stereocenters. The molecule has 6 nitrogen and oxygen atoms in total. The number of esters is 1. The number of hydrogen-bond acceptors (Lipinski definition) is 5. The van der Waals surface area contributed by atoms with Gasteiger partial charge in [0.1, 0.15) is 0 Å². The van der Waals surface area contributed by atoms with Gasteiger partial charge < -0.3 is 20.7 Å². The fourth-order valence-corrected chi connectivity index (χ4v) is 2.30. The number of carbonyl (C=O) groups excluding carboxylic acids is 2. The monoisotopic (exact) mass is 277 g/mol. The first-order valence-corrected chi connectivity index (χ1v) is 6.49. The molecule has 0 aromatic heterocycles. The molecule has 3 N–H and O–H groups in total. The van der Waals surface area contributed by atoms with E-state index in [0.29, 0.717) is 24.2 Å². The van der Waals surface area contributed by atoms with E-state index in [2.05, 4.69) is 5.32 Å². The predicted molar refractivity (Wildman–Crippen MR) is 76.5 cm³/mol. The van der Waals surface area contributed by atoms with Crippen LogP contribution in [0.1, 0.15) is 23.2 Å². The number of benzene rings is 1. The summed E-state index contributed by atoms with van der Waals surface area (Å²) in [5, 5.41) is 3.32. The van der Waals surface area contributed by atoms with Gasteiger partial charge in [-0.1, -0.05) is 0 Å². The van der Waals surface area contributed by atoms with Crippen molar-refractivity contribution in [3.8, 4) is 0 Å². The molecule has 20 heavy (non-hydrogen) atoms. The second kappa shape index (κ2) is 5.81. The molecule has 1 amide bonds. The minimum Gasteiger partial charge on any atom is -0.465 e. The van der Waals surface area contributed by atoms with E-state index in [1.54, 1.807) is 24.1 Å². The summed E-state index contributed by atoms with van der Waals surface area (Å²) in [5.41, 5.74) is 7.29. The topological polar surface area (TPSA) is 84.7 Å². The lowest BCUT2D eigenvalue weighted by atomic mass is 10.0. The van der Waals surface area contributed by atoms with Crippen molar-refractivity contribution in [1.29, 1.82) is 0 Å². The quantitative estimate of drug-likeness (QED) is 0.638. The van der Waals surface area contributed by atoms with Crippen LogP contribution in [0, 0.1) is 0 Å². The van der Waals surface area contributed by atoms with Crippen LogP contribution in [0.4, 0.5) is 11.4 Å². The van der Waals surface area contributed by atoms with Gasteiger partial charge in [0.25, 0.3) is 0 Å².